The quantitative estimate of drug-likeness (QED) is 0.660. The van der Waals surface area contributed by atoms with Gasteiger partial charge in [-0.05, 0) is 65.7 Å². The Bertz CT molecular complexity index is 924. The zero-order valence-corrected chi connectivity index (χ0v) is 15.6. The summed E-state index contributed by atoms with van der Waals surface area (Å²) in [7, 11) is 1.63. The van der Waals surface area contributed by atoms with Gasteiger partial charge in [-0.25, -0.2) is 0 Å². The minimum absolute atomic E-state index is 0.0506. The number of hydrogen-bond donors (Lipinski definition) is 1. The Labute approximate surface area is 154 Å². The second kappa shape index (κ2) is 7.57. The zero-order valence-electron chi connectivity index (χ0n) is 14.0. The highest BCUT2D eigenvalue weighted by molar-refractivity contribution is 9.10. The summed E-state index contributed by atoms with van der Waals surface area (Å²) in [4.78, 5) is 12.1. The topological polar surface area (TPSA) is 47.6 Å². The van der Waals surface area contributed by atoms with E-state index in [0.717, 1.165) is 32.2 Å². The summed E-state index contributed by atoms with van der Waals surface area (Å²) in [6, 6.07) is 17.3. The largest absolute Gasteiger partial charge is 0.497 e. The van der Waals surface area contributed by atoms with E-state index < -0.39 is 0 Å². The molecule has 3 aromatic rings. The molecule has 0 aliphatic rings. The van der Waals surface area contributed by atoms with Gasteiger partial charge in [0.05, 0.1) is 7.11 Å². The Morgan fingerprint density at radius 1 is 1.00 bits per heavy atom. The highest BCUT2D eigenvalue weighted by atomic mass is 79.9. The molecule has 3 rings (SSSR count). The maximum atomic E-state index is 12.1. The van der Waals surface area contributed by atoms with Crippen molar-refractivity contribution in [2.75, 3.05) is 19.0 Å². The number of carbonyl (C=O) groups is 1. The highest BCUT2D eigenvalue weighted by Gasteiger charge is 2.07. The SMILES string of the molecule is COc1ccc2ccc(OCC(=O)Nc3ccc(Br)cc3C)cc2c1. The van der Waals surface area contributed by atoms with E-state index in [1.165, 1.54) is 0 Å². The number of halogens is 1. The maximum absolute atomic E-state index is 12.1. The number of anilines is 1. The number of rotatable bonds is 5. The first kappa shape index (κ1) is 17.3. The van der Waals surface area contributed by atoms with Crippen molar-refractivity contribution in [2.24, 2.45) is 0 Å². The van der Waals surface area contributed by atoms with E-state index in [2.05, 4.69) is 21.2 Å². The number of fused-ring (bicyclic) bond motifs is 1. The molecule has 0 saturated carbocycles. The fourth-order valence-electron chi connectivity index (χ4n) is 2.52. The minimum Gasteiger partial charge on any atom is -0.497 e. The highest BCUT2D eigenvalue weighted by Crippen LogP contribution is 2.25. The molecule has 4 nitrogen and oxygen atoms in total. The van der Waals surface area contributed by atoms with E-state index in [0.29, 0.717) is 5.75 Å². The first-order valence-corrected chi connectivity index (χ1v) is 8.61. The van der Waals surface area contributed by atoms with Crippen LogP contribution in [0.3, 0.4) is 0 Å². The third-order valence-corrected chi connectivity index (χ3v) is 4.34. The van der Waals surface area contributed by atoms with Crippen LogP contribution in [0.25, 0.3) is 10.8 Å². The van der Waals surface area contributed by atoms with Crippen molar-refractivity contribution in [1.82, 2.24) is 0 Å². The van der Waals surface area contributed by atoms with Gasteiger partial charge in [0.15, 0.2) is 6.61 Å². The number of methoxy groups -OCH3 is 1. The summed E-state index contributed by atoms with van der Waals surface area (Å²) in [5, 5.41) is 4.95. The molecule has 1 amide bonds. The van der Waals surface area contributed by atoms with Crippen molar-refractivity contribution in [3.8, 4) is 11.5 Å². The molecular formula is C20H18BrNO3. The number of carbonyl (C=O) groups excluding carboxylic acids is 1. The van der Waals surface area contributed by atoms with Gasteiger partial charge >= 0.3 is 0 Å². The Kier molecular flexibility index (Phi) is 5.24. The Morgan fingerprint density at radius 2 is 1.72 bits per heavy atom. The number of nitrogens with one attached hydrogen (secondary N) is 1. The van der Waals surface area contributed by atoms with Crippen molar-refractivity contribution in [1.29, 1.82) is 0 Å². The lowest BCUT2D eigenvalue weighted by molar-refractivity contribution is -0.118. The zero-order chi connectivity index (χ0) is 17.8. The van der Waals surface area contributed by atoms with Crippen LogP contribution in [-0.2, 0) is 4.79 Å². The number of ether oxygens (including phenoxy) is 2. The molecule has 0 spiro atoms. The van der Waals surface area contributed by atoms with Crippen LogP contribution in [-0.4, -0.2) is 19.6 Å². The fraction of sp³-hybridized carbons (Fsp3) is 0.150. The summed E-state index contributed by atoms with van der Waals surface area (Å²) in [5.74, 6) is 1.23. The minimum atomic E-state index is -0.198. The predicted octanol–water partition coefficient (Wildman–Crippen LogP) is 4.94. The summed E-state index contributed by atoms with van der Waals surface area (Å²) in [6.45, 7) is 1.89. The van der Waals surface area contributed by atoms with E-state index in [-0.39, 0.29) is 12.5 Å². The van der Waals surface area contributed by atoms with Crippen molar-refractivity contribution < 1.29 is 14.3 Å². The van der Waals surface area contributed by atoms with Gasteiger partial charge in [-0.2, -0.15) is 0 Å². The van der Waals surface area contributed by atoms with E-state index in [4.69, 9.17) is 9.47 Å². The molecule has 0 saturated heterocycles. The van der Waals surface area contributed by atoms with Gasteiger partial charge in [0.2, 0.25) is 0 Å². The third kappa shape index (κ3) is 4.31. The van der Waals surface area contributed by atoms with Crippen molar-refractivity contribution in [3.63, 3.8) is 0 Å². The van der Waals surface area contributed by atoms with E-state index >= 15 is 0 Å². The third-order valence-electron chi connectivity index (χ3n) is 3.85. The van der Waals surface area contributed by atoms with Crippen LogP contribution in [0.5, 0.6) is 11.5 Å². The van der Waals surface area contributed by atoms with E-state index in [9.17, 15) is 4.79 Å². The van der Waals surface area contributed by atoms with Gasteiger partial charge in [0.1, 0.15) is 11.5 Å². The van der Waals surface area contributed by atoms with Crippen LogP contribution in [0.4, 0.5) is 5.69 Å². The smallest absolute Gasteiger partial charge is 0.262 e. The second-order valence-corrected chi connectivity index (χ2v) is 6.59. The number of amides is 1. The molecule has 0 radical (unpaired) electrons. The molecule has 0 bridgehead atoms. The molecule has 0 aromatic heterocycles. The summed E-state index contributed by atoms with van der Waals surface area (Å²) < 4.78 is 11.8. The van der Waals surface area contributed by atoms with Gasteiger partial charge in [0, 0.05) is 10.2 Å². The van der Waals surface area contributed by atoms with Crippen LogP contribution in [0.2, 0.25) is 0 Å². The van der Waals surface area contributed by atoms with Crippen molar-refractivity contribution in [3.05, 3.63) is 64.6 Å². The molecular weight excluding hydrogens is 382 g/mol. The molecule has 1 N–H and O–H groups in total. The standard InChI is InChI=1S/C20H18BrNO3/c1-13-9-16(21)5-8-19(13)22-20(23)12-25-18-7-4-14-3-6-17(24-2)10-15(14)11-18/h3-11H,12H2,1-2H3,(H,22,23). The number of aryl methyl sites for hydroxylation is 1. The van der Waals surface area contributed by atoms with Crippen LogP contribution in [0, 0.1) is 6.92 Å². The molecule has 0 atom stereocenters. The lowest BCUT2D eigenvalue weighted by Crippen LogP contribution is -2.20. The molecule has 0 aliphatic carbocycles. The van der Waals surface area contributed by atoms with Crippen LogP contribution < -0.4 is 14.8 Å². The van der Waals surface area contributed by atoms with Gasteiger partial charge in [-0.3, -0.25) is 4.79 Å². The van der Waals surface area contributed by atoms with Crippen molar-refractivity contribution >= 4 is 38.3 Å². The first-order chi connectivity index (χ1) is 12.0. The van der Waals surface area contributed by atoms with Gasteiger partial charge in [-0.15, -0.1) is 0 Å². The Hall–Kier alpha value is -2.53. The Morgan fingerprint density at radius 3 is 2.44 bits per heavy atom. The number of benzene rings is 3. The van der Waals surface area contributed by atoms with Crippen LogP contribution >= 0.6 is 15.9 Å². The number of hydrogen-bond acceptors (Lipinski definition) is 3. The second-order valence-electron chi connectivity index (χ2n) is 5.67. The van der Waals surface area contributed by atoms with E-state index in [1.807, 2.05) is 61.5 Å². The lowest BCUT2D eigenvalue weighted by Gasteiger charge is -2.10. The maximum Gasteiger partial charge on any atom is 0.262 e. The van der Waals surface area contributed by atoms with Gasteiger partial charge in [0.25, 0.3) is 5.91 Å². The fourth-order valence-corrected chi connectivity index (χ4v) is 3.00. The molecule has 3 aromatic carbocycles. The average molecular weight is 400 g/mol. The van der Waals surface area contributed by atoms with Crippen LogP contribution in [0.15, 0.2) is 59.1 Å². The first-order valence-electron chi connectivity index (χ1n) is 7.82. The van der Waals surface area contributed by atoms with E-state index in [1.54, 1.807) is 7.11 Å². The monoisotopic (exact) mass is 399 g/mol. The van der Waals surface area contributed by atoms with Crippen LogP contribution in [0.1, 0.15) is 5.56 Å². The summed E-state index contributed by atoms with van der Waals surface area (Å²) in [5.41, 5.74) is 1.76. The molecule has 128 valence electrons. The van der Waals surface area contributed by atoms with Gasteiger partial charge in [-0.1, -0.05) is 28.1 Å². The molecule has 0 unspecified atom stereocenters. The summed E-state index contributed by atoms with van der Waals surface area (Å²) >= 11 is 3.41. The molecule has 25 heavy (non-hydrogen) atoms. The van der Waals surface area contributed by atoms with Crippen molar-refractivity contribution in [2.45, 2.75) is 6.92 Å². The molecule has 0 fully saturated rings. The predicted molar refractivity (Wildman–Crippen MR) is 104 cm³/mol. The molecule has 0 aliphatic heterocycles. The molecule has 0 heterocycles. The molecule has 5 heteroatoms. The van der Waals surface area contributed by atoms with Gasteiger partial charge < -0.3 is 14.8 Å². The summed E-state index contributed by atoms with van der Waals surface area (Å²) in [6.07, 6.45) is 0. The lowest BCUT2D eigenvalue weighted by atomic mass is 10.1. The Balaban J connectivity index is 1.66. The average Bonchev–Trinajstić information content (AvgIpc) is 2.61. The normalized spacial score (nSPS) is 10.5.